The zero-order chi connectivity index (χ0) is 10.4. The van der Waals surface area contributed by atoms with Gasteiger partial charge in [-0.1, -0.05) is 18.2 Å². The van der Waals surface area contributed by atoms with Crippen molar-refractivity contribution >= 4 is 29.2 Å². The van der Waals surface area contributed by atoms with Gasteiger partial charge in [-0.25, -0.2) is 4.79 Å². The molecule has 0 aromatic heterocycles. The number of carbonyl (C=O) groups is 1. The van der Waals surface area contributed by atoms with Crippen molar-refractivity contribution in [1.82, 2.24) is 0 Å². The summed E-state index contributed by atoms with van der Waals surface area (Å²) in [6.45, 7) is 0.138. The Bertz CT molecular complexity index is 287. The lowest BCUT2D eigenvalue weighted by molar-refractivity contribution is 0.0509. The maximum absolute atomic E-state index is 11.3. The van der Waals surface area contributed by atoms with Crippen molar-refractivity contribution in [1.29, 1.82) is 0 Å². The molecule has 1 aromatic rings. The van der Waals surface area contributed by atoms with E-state index in [1.54, 1.807) is 24.3 Å². The maximum Gasteiger partial charge on any atom is 0.338 e. The summed E-state index contributed by atoms with van der Waals surface area (Å²) in [5.74, 6) is -0.106. The highest BCUT2D eigenvalue weighted by Gasteiger charge is 2.09. The van der Waals surface area contributed by atoms with Gasteiger partial charge < -0.3 is 4.74 Å². The van der Waals surface area contributed by atoms with Gasteiger partial charge in [-0.05, 0) is 12.1 Å². The van der Waals surface area contributed by atoms with Crippen molar-refractivity contribution in [2.24, 2.45) is 0 Å². The number of carbonyl (C=O) groups excluding carboxylic acids is 1. The first-order chi connectivity index (χ1) is 6.74. The number of hydrogen-bond acceptors (Lipinski definition) is 2. The molecule has 0 saturated heterocycles. The highest BCUT2D eigenvalue weighted by Crippen LogP contribution is 2.04. The molecule has 4 heteroatoms. The van der Waals surface area contributed by atoms with E-state index < -0.39 is 0 Å². The molecule has 0 aliphatic rings. The van der Waals surface area contributed by atoms with Crippen LogP contribution in [0.15, 0.2) is 30.3 Å². The number of ether oxygens (including phenoxy) is 1. The first kappa shape index (κ1) is 11.3. The quantitative estimate of drug-likeness (QED) is 0.590. The van der Waals surface area contributed by atoms with Crippen LogP contribution in [0.1, 0.15) is 10.4 Å². The average molecular weight is 233 g/mol. The van der Waals surface area contributed by atoms with E-state index in [1.807, 2.05) is 6.07 Å². The van der Waals surface area contributed by atoms with Gasteiger partial charge in [0.1, 0.15) is 6.61 Å². The lowest BCUT2D eigenvalue weighted by atomic mass is 10.2. The number of hydrogen-bond donors (Lipinski definition) is 0. The Morgan fingerprint density at radius 3 is 2.57 bits per heavy atom. The van der Waals surface area contributed by atoms with Gasteiger partial charge in [-0.2, -0.15) is 0 Å². The molecule has 2 nitrogen and oxygen atoms in total. The molecule has 0 amide bonds. The lowest BCUT2D eigenvalue weighted by Gasteiger charge is -2.06. The molecular weight excluding hydrogens is 223 g/mol. The number of benzene rings is 1. The molecule has 0 spiro atoms. The normalized spacial score (nSPS) is 12.1. The minimum Gasteiger partial charge on any atom is -0.460 e. The third-order valence-electron chi connectivity index (χ3n) is 1.57. The van der Waals surface area contributed by atoms with Crippen molar-refractivity contribution in [3.63, 3.8) is 0 Å². The first-order valence-corrected chi connectivity index (χ1v) is 5.13. The summed E-state index contributed by atoms with van der Waals surface area (Å²) in [5, 5.41) is -0.329. The number of rotatable bonds is 4. The van der Waals surface area contributed by atoms with Crippen LogP contribution in [0.5, 0.6) is 0 Å². The Kier molecular flexibility index (Phi) is 4.77. The molecule has 1 unspecified atom stereocenters. The van der Waals surface area contributed by atoms with Crippen molar-refractivity contribution in [3.8, 4) is 0 Å². The van der Waals surface area contributed by atoms with Crippen LogP contribution in [0.2, 0.25) is 0 Å². The zero-order valence-corrected chi connectivity index (χ0v) is 8.96. The second-order valence-electron chi connectivity index (χ2n) is 2.72. The molecule has 0 bridgehead atoms. The monoisotopic (exact) mass is 232 g/mol. The molecule has 0 aliphatic heterocycles. The summed E-state index contributed by atoms with van der Waals surface area (Å²) in [7, 11) is 0. The van der Waals surface area contributed by atoms with Crippen LogP contribution < -0.4 is 0 Å². The molecule has 76 valence electrons. The fraction of sp³-hybridized carbons (Fsp3) is 0.300. The Balaban J connectivity index is 2.44. The molecule has 1 rings (SSSR count). The van der Waals surface area contributed by atoms with Crippen LogP contribution >= 0.6 is 23.2 Å². The Hall–Kier alpha value is -0.730. The Labute approximate surface area is 92.8 Å². The minimum absolute atomic E-state index is 0.138. The molecule has 1 aromatic carbocycles. The summed E-state index contributed by atoms with van der Waals surface area (Å²) in [6.07, 6.45) is 0. The largest absolute Gasteiger partial charge is 0.460 e. The summed E-state index contributed by atoms with van der Waals surface area (Å²) in [5.41, 5.74) is 0.519. The van der Waals surface area contributed by atoms with Crippen molar-refractivity contribution < 1.29 is 9.53 Å². The summed E-state index contributed by atoms with van der Waals surface area (Å²) in [4.78, 5) is 11.3. The van der Waals surface area contributed by atoms with Gasteiger partial charge in [-0.3, -0.25) is 0 Å². The van der Waals surface area contributed by atoms with E-state index in [0.29, 0.717) is 5.56 Å². The Morgan fingerprint density at radius 2 is 2.00 bits per heavy atom. The fourth-order valence-electron chi connectivity index (χ4n) is 0.868. The topological polar surface area (TPSA) is 26.3 Å². The third-order valence-corrected chi connectivity index (χ3v) is 2.38. The van der Waals surface area contributed by atoms with Gasteiger partial charge in [0.05, 0.1) is 10.9 Å². The molecule has 0 saturated carbocycles. The zero-order valence-electron chi connectivity index (χ0n) is 7.45. The lowest BCUT2D eigenvalue weighted by Crippen LogP contribution is -2.15. The Morgan fingerprint density at radius 1 is 1.36 bits per heavy atom. The third kappa shape index (κ3) is 3.56. The van der Waals surface area contributed by atoms with Gasteiger partial charge in [0.25, 0.3) is 0 Å². The van der Waals surface area contributed by atoms with Gasteiger partial charge >= 0.3 is 5.97 Å². The van der Waals surface area contributed by atoms with E-state index in [9.17, 15) is 4.79 Å². The SMILES string of the molecule is O=C(OCC(Cl)CCl)c1ccccc1. The van der Waals surface area contributed by atoms with Gasteiger partial charge in [0.2, 0.25) is 0 Å². The average Bonchev–Trinajstić information content (AvgIpc) is 2.26. The van der Waals surface area contributed by atoms with Crippen LogP contribution in [0.25, 0.3) is 0 Å². The van der Waals surface area contributed by atoms with E-state index in [0.717, 1.165) is 0 Å². The van der Waals surface area contributed by atoms with Crippen molar-refractivity contribution in [3.05, 3.63) is 35.9 Å². The molecule has 0 fully saturated rings. The minimum atomic E-state index is -0.374. The van der Waals surface area contributed by atoms with E-state index in [2.05, 4.69) is 0 Å². The van der Waals surface area contributed by atoms with Crippen molar-refractivity contribution in [2.45, 2.75) is 5.38 Å². The number of halogens is 2. The predicted octanol–water partition coefficient (Wildman–Crippen LogP) is 2.69. The molecule has 0 N–H and O–H groups in total. The molecule has 0 heterocycles. The predicted molar refractivity (Wildman–Crippen MR) is 57.1 cm³/mol. The standard InChI is InChI=1S/C10H10Cl2O2/c11-6-9(12)7-14-10(13)8-4-2-1-3-5-8/h1-5,9H,6-7H2. The van der Waals surface area contributed by atoms with Gasteiger partial charge in [-0.15, -0.1) is 23.2 Å². The second kappa shape index (κ2) is 5.89. The number of esters is 1. The molecule has 0 aliphatic carbocycles. The first-order valence-electron chi connectivity index (χ1n) is 4.16. The van der Waals surface area contributed by atoms with E-state index in [-0.39, 0.29) is 23.8 Å². The van der Waals surface area contributed by atoms with Crippen LogP contribution in [-0.2, 0) is 4.74 Å². The molecular formula is C10H10Cl2O2. The maximum atomic E-state index is 11.3. The van der Waals surface area contributed by atoms with E-state index >= 15 is 0 Å². The van der Waals surface area contributed by atoms with Gasteiger partial charge in [0, 0.05) is 5.88 Å². The van der Waals surface area contributed by atoms with Gasteiger partial charge in [0.15, 0.2) is 0 Å². The second-order valence-corrected chi connectivity index (χ2v) is 3.64. The fourth-order valence-corrected chi connectivity index (χ4v) is 1.02. The highest BCUT2D eigenvalue weighted by molar-refractivity contribution is 6.28. The summed E-state index contributed by atoms with van der Waals surface area (Å²) >= 11 is 11.1. The summed E-state index contributed by atoms with van der Waals surface area (Å²) in [6, 6.07) is 8.76. The van der Waals surface area contributed by atoms with E-state index in [1.165, 1.54) is 0 Å². The molecule has 0 radical (unpaired) electrons. The molecule has 14 heavy (non-hydrogen) atoms. The van der Waals surface area contributed by atoms with Crippen molar-refractivity contribution in [2.75, 3.05) is 12.5 Å². The van der Waals surface area contributed by atoms with Crippen LogP contribution in [0, 0.1) is 0 Å². The van der Waals surface area contributed by atoms with Crippen LogP contribution in [0.4, 0.5) is 0 Å². The van der Waals surface area contributed by atoms with E-state index in [4.69, 9.17) is 27.9 Å². The highest BCUT2D eigenvalue weighted by atomic mass is 35.5. The van der Waals surface area contributed by atoms with Crippen LogP contribution in [0.3, 0.4) is 0 Å². The summed E-state index contributed by atoms with van der Waals surface area (Å²) < 4.78 is 4.93. The molecule has 1 atom stereocenters. The smallest absolute Gasteiger partial charge is 0.338 e. The number of alkyl halides is 2. The van der Waals surface area contributed by atoms with Crippen LogP contribution in [-0.4, -0.2) is 23.8 Å².